The number of hydrogen-bond acceptors (Lipinski definition) is 8. The van der Waals surface area contributed by atoms with Gasteiger partial charge in [-0.2, -0.15) is 9.78 Å². The van der Waals surface area contributed by atoms with Crippen LogP contribution in [-0.4, -0.2) is 23.1 Å². The third kappa shape index (κ3) is 8.02. The number of rotatable bonds is 6. The van der Waals surface area contributed by atoms with E-state index in [9.17, 15) is 9.59 Å². The van der Waals surface area contributed by atoms with Crippen LogP contribution in [0.5, 0.6) is 0 Å². The van der Waals surface area contributed by atoms with Crippen LogP contribution < -0.4 is 0 Å². The number of carbonyl (C=O) groups excluding carboxylic acids is 2. The first-order valence-corrected chi connectivity index (χ1v) is 7.21. The molecule has 134 valence electrons. The van der Waals surface area contributed by atoms with Crippen LogP contribution in [0.1, 0.15) is 62.3 Å². The van der Waals surface area contributed by atoms with Gasteiger partial charge >= 0.3 is 11.9 Å². The van der Waals surface area contributed by atoms with Crippen molar-refractivity contribution in [3.05, 3.63) is 35.4 Å². The van der Waals surface area contributed by atoms with Gasteiger partial charge in [-0.3, -0.25) is 9.78 Å². The Labute approximate surface area is 140 Å². The van der Waals surface area contributed by atoms with Crippen molar-refractivity contribution in [1.82, 2.24) is 0 Å². The zero-order chi connectivity index (χ0) is 18.4. The first-order valence-electron chi connectivity index (χ1n) is 7.21. The molecule has 0 aromatic heterocycles. The molecular formula is C16H22O8. The number of carbonyl (C=O) groups is 2. The summed E-state index contributed by atoms with van der Waals surface area (Å²) in [7, 11) is 0. The van der Waals surface area contributed by atoms with E-state index in [1.807, 2.05) is 0 Å². The Hall–Kier alpha value is -2.00. The molecule has 0 saturated carbocycles. The van der Waals surface area contributed by atoms with Gasteiger partial charge in [0.2, 0.25) is 0 Å². The summed E-state index contributed by atoms with van der Waals surface area (Å²) in [6.07, 6.45) is 0. The fourth-order valence-electron chi connectivity index (χ4n) is 1.14. The highest BCUT2D eigenvalue weighted by Crippen LogP contribution is 2.12. The van der Waals surface area contributed by atoms with E-state index in [1.54, 1.807) is 41.5 Å². The molecule has 24 heavy (non-hydrogen) atoms. The van der Waals surface area contributed by atoms with Crippen LogP contribution >= 0.6 is 0 Å². The van der Waals surface area contributed by atoms with Crippen LogP contribution in [0.2, 0.25) is 0 Å². The normalized spacial score (nSPS) is 11.9. The van der Waals surface area contributed by atoms with Gasteiger partial charge in [-0.15, -0.1) is 0 Å². The zero-order valence-electron chi connectivity index (χ0n) is 14.6. The summed E-state index contributed by atoms with van der Waals surface area (Å²) in [5, 5.41) is 8.80. The van der Waals surface area contributed by atoms with Crippen molar-refractivity contribution in [3.63, 3.8) is 0 Å². The van der Waals surface area contributed by atoms with Gasteiger partial charge in [0.25, 0.3) is 0 Å². The maximum atomic E-state index is 11.7. The zero-order valence-corrected chi connectivity index (χ0v) is 14.6. The van der Waals surface area contributed by atoms with Crippen LogP contribution in [0, 0.1) is 0 Å². The lowest BCUT2D eigenvalue weighted by Gasteiger charge is -2.15. The van der Waals surface area contributed by atoms with Crippen LogP contribution in [0.4, 0.5) is 0 Å². The van der Waals surface area contributed by atoms with E-state index >= 15 is 0 Å². The monoisotopic (exact) mass is 342 g/mol. The van der Waals surface area contributed by atoms with Crippen molar-refractivity contribution in [2.75, 3.05) is 0 Å². The predicted molar refractivity (Wildman–Crippen MR) is 81.1 cm³/mol. The highest BCUT2D eigenvalue weighted by molar-refractivity contribution is 5.92. The maximum absolute atomic E-state index is 11.7. The van der Waals surface area contributed by atoms with Gasteiger partial charge in [-0.1, -0.05) is 0 Å². The molecular weight excluding hydrogens is 320 g/mol. The van der Waals surface area contributed by atoms with Crippen molar-refractivity contribution in [2.24, 2.45) is 0 Å². The smallest absolute Gasteiger partial charge is 0.263 e. The molecule has 0 fully saturated rings. The summed E-state index contributed by atoms with van der Waals surface area (Å²) in [4.78, 5) is 42.0. The molecule has 0 N–H and O–H groups in total. The lowest BCUT2D eigenvalue weighted by atomic mass is 10.1. The molecule has 1 aromatic rings. The highest BCUT2D eigenvalue weighted by Gasteiger charge is 2.17. The first-order chi connectivity index (χ1) is 11.0. The Morgan fingerprint density at radius 3 is 1.21 bits per heavy atom. The first kappa shape index (κ1) is 20.0. The van der Waals surface area contributed by atoms with E-state index in [1.165, 1.54) is 24.3 Å². The van der Waals surface area contributed by atoms with Crippen molar-refractivity contribution >= 4 is 11.9 Å². The maximum Gasteiger partial charge on any atom is 0.376 e. The summed E-state index contributed by atoms with van der Waals surface area (Å²) < 4.78 is 0. The Bertz CT molecular complexity index is 500. The van der Waals surface area contributed by atoms with Crippen LogP contribution in [0.15, 0.2) is 24.3 Å². The molecule has 0 spiro atoms. The van der Waals surface area contributed by atoms with Gasteiger partial charge in [0.1, 0.15) is 0 Å². The van der Waals surface area contributed by atoms with Crippen molar-refractivity contribution in [1.29, 1.82) is 0 Å². The Morgan fingerprint density at radius 1 is 0.667 bits per heavy atom. The van der Waals surface area contributed by atoms with Gasteiger partial charge in [-0.05, 0) is 75.9 Å². The Morgan fingerprint density at radius 2 is 0.958 bits per heavy atom. The molecule has 0 unspecified atom stereocenters. The molecule has 0 heterocycles. The molecule has 1 rings (SSSR count). The molecule has 0 aliphatic heterocycles. The van der Waals surface area contributed by atoms with Gasteiger partial charge in [0.15, 0.2) is 0 Å². The average molecular weight is 342 g/mol. The lowest BCUT2D eigenvalue weighted by Crippen LogP contribution is -2.21. The second-order valence-corrected chi connectivity index (χ2v) is 6.85. The van der Waals surface area contributed by atoms with Crippen molar-refractivity contribution in [2.45, 2.75) is 52.7 Å². The van der Waals surface area contributed by atoms with E-state index in [0.29, 0.717) is 0 Å². The number of hydrogen-bond donors (Lipinski definition) is 0. The fourth-order valence-corrected chi connectivity index (χ4v) is 1.14. The molecule has 0 amide bonds. The minimum Gasteiger partial charge on any atom is -0.263 e. The van der Waals surface area contributed by atoms with E-state index in [-0.39, 0.29) is 11.1 Å². The average Bonchev–Trinajstić information content (AvgIpc) is 2.44. The third-order valence-electron chi connectivity index (χ3n) is 2.14. The third-order valence-corrected chi connectivity index (χ3v) is 2.14. The van der Waals surface area contributed by atoms with Crippen LogP contribution in [0.3, 0.4) is 0 Å². The van der Waals surface area contributed by atoms with E-state index in [0.717, 1.165) is 0 Å². The Kier molecular flexibility index (Phi) is 6.85. The molecule has 8 heteroatoms. The van der Waals surface area contributed by atoms with Crippen molar-refractivity contribution < 1.29 is 39.2 Å². The van der Waals surface area contributed by atoms with E-state index in [2.05, 4.69) is 19.9 Å². The topological polar surface area (TPSA) is 89.5 Å². The molecule has 8 nitrogen and oxygen atoms in total. The summed E-state index contributed by atoms with van der Waals surface area (Å²) in [5.41, 5.74) is -0.918. The van der Waals surface area contributed by atoms with Gasteiger partial charge in [0.05, 0.1) is 22.3 Å². The summed E-state index contributed by atoms with van der Waals surface area (Å²) >= 11 is 0. The second-order valence-electron chi connectivity index (χ2n) is 6.85. The molecule has 0 atom stereocenters. The lowest BCUT2D eigenvalue weighted by molar-refractivity contribution is -0.510. The molecule has 0 saturated heterocycles. The molecule has 1 aromatic carbocycles. The van der Waals surface area contributed by atoms with E-state index < -0.39 is 23.1 Å². The minimum atomic E-state index is -0.772. The molecule has 0 aliphatic rings. The summed E-state index contributed by atoms with van der Waals surface area (Å²) in [5.74, 6) is -1.54. The molecule has 0 aliphatic carbocycles. The highest BCUT2D eigenvalue weighted by atomic mass is 17.5. The Balaban J connectivity index is 2.50. The SMILES string of the molecule is CC(C)(C)OOOC(=O)c1ccc(C(=O)OOOC(C)(C)C)cc1. The van der Waals surface area contributed by atoms with Crippen LogP contribution in [0.25, 0.3) is 0 Å². The van der Waals surface area contributed by atoms with Crippen LogP contribution in [-0.2, 0) is 29.6 Å². The van der Waals surface area contributed by atoms with Crippen molar-refractivity contribution in [3.8, 4) is 0 Å². The minimum absolute atomic E-state index is 0.163. The van der Waals surface area contributed by atoms with Gasteiger partial charge in [0, 0.05) is 0 Å². The van der Waals surface area contributed by atoms with Gasteiger partial charge < -0.3 is 0 Å². The largest absolute Gasteiger partial charge is 0.376 e. The summed E-state index contributed by atoms with van der Waals surface area (Å²) in [6, 6.07) is 5.46. The number of benzene rings is 1. The standard InChI is InChI=1S/C16H22O8/c1-15(2,3)21-23-19-13(17)11-7-9-12(10-8-11)14(18)20-24-22-16(4,5)6/h7-10H,1-6H3. The second kappa shape index (κ2) is 8.20. The van der Waals surface area contributed by atoms with E-state index in [4.69, 9.17) is 9.78 Å². The van der Waals surface area contributed by atoms with Gasteiger partial charge in [-0.25, -0.2) is 9.59 Å². The quantitative estimate of drug-likeness (QED) is 0.574. The molecule has 0 radical (unpaired) electrons. The fraction of sp³-hybridized carbons (Fsp3) is 0.500. The summed E-state index contributed by atoms with van der Waals surface area (Å²) in [6.45, 7) is 10.4. The predicted octanol–water partition coefficient (Wildman–Crippen LogP) is 3.32. The molecule has 0 bridgehead atoms.